The summed E-state index contributed by atoms with van der Waals surface area (Å²) in [6, 6.07) is 11.0. The van der Waals surface area contributed by atoms with E-state index in [1.54, 1.807) is 20.0 Å². The lowest BCUT2D eigenvalue weighted by Crippen LogP contribution is -2.33. The Morgan fingerprint density at radius 3 is 2.61 bits per heavy atom. The third kappa shape index (κ3) is 6.73. The number of hydrogen-bond donors (Lipinski definition) is 1. The summed E-state index contributed by atoms with van der Waals surface area (Å²) in [6.07, 6.45) is 0. The van der Waals surface area contributed by atoms with Gasteiger partial charge in [0.1, 0.15) is 5.76 Å². The van der Waals surface area contributed by atoms with Gasteiger partial charge in [-0.1, -0.05) is 35.5 Å². The number of ether oxygens (including phenoxy) is 1. The van der Waals surface area contributed by atoms with Crippen molar-refractivity contribution < 1.29 is 23.6 Å². The summed E-state index contributed by atoms with van der Waals surface area (Å²) in [5.41, 5.74) is 0.994. The second kappa shape index (κ2) is 10.5. The highest BCUT2D eigenvalue weighted by atomic mass is 32.2. The molecule has 2 rings (SSSR count). The lowest BCUT2D eigenvalue weighted by atomic mass is 10.1. The number of likely N-dealkylation sites (N-methyl/N-ethyl adjacent to an activating group) is 1. The van der Waals surface area contributed by atoms with Crippen LogP contribution in [0.5, 0.6) is 0 Å². The predicted octanol–water partition coefficient (Wildman–Crippen LogP) is 2.42. The Hall–Kier alpha value is -2.81. The highest BCUT2D eigenvalue weighted by molar-refractivity contribution is 8.00. The van der Waals surface area contributed by atoms with Crippen molar-refractivity contribution in [3.8, 4) is 0 Å². The first-order valence-corrected chi connectivity index (χ1v) is 9.79. The van der Waals surface area contributed by atoms with Gasteiger partial charge in [0.15, 0.2) is 12.4 Å². The van der Waals surface area contributed by atoms with Crippen molar-refractivity contribution in [2.45, 2.75) is 19.9 Å². The van der Waals surface area contributed by atoms with Gasteiger partial charge in [-0.15, -0.1) is 11.8 Å². The Balaban J connectivity index is 1.66. The number of benzene rings is 1. The normalized spacial score (nSPS) is 11.5. The van der Waals surface area contributed by atoms with Crippen LogP contribution in [-0.4, -0.2) is 53.0 Å². The van der Waals surface area contributed by atoms with Crippen LogP contribution in [0.25, 0.3) is 0 Å². The van der Waals surface area contributed by atoms with Gasteiger partial charge in [-0.25, -0.2) is 0 Å². The van der Waals surface area contributed by atoms with Gasteiger partial charge in [0.25, 0.3) is 5.91 Å². The van der Waals surface area contributed by atoms with E-state index >= 15 is 0 Å². The van der Waals surface area contributed by atoms with Crippen LogP contribution in [0.1, 0.15) is 24.3 Å². The van der Waals surface area contributed by atoms with Gasteiger partial charge >= 0.3 is 5.97 Å². The first kappa shape index (κ1) is 21.5. The molecule has 0 fully saturated rings. The fraction of sp³-hybridized carbons (Fsp3) is 0.368. The number of thioether (sulfide) groups is 1. The maximum atomic E-state index is 12.2. The quantitative estimate of drug-likeness (QED) is 0.639. The highest BCUT2D eigenvalue weighted by Crippen LogP contribution is 2.18. The zero-order chi connectivity index (χ0) is 20.5. The first-order valence-electron chi connectivity index (χ1n) is 8.64. The van der Waals surface area contributed by atoms with Crippen LogP contribution < -0.4 is 5.32 Å². The molecule has 0 bridgehead atoms. The lowest BCUT2D eigenvalue weighted by Gasteiger charge is -2.25. The maximum absolute atomic E-state index is 12.2. The zero-order valence-electron chi connectivity index (χ0n) is 16.0. The SMILES string of the molecule is Cc1cc(NC(=O)CSCC(=O)OCC(=O)N(C)C(C)c2ccccc2)no1. The van der Waals surface area contributed by atoms with Gasteiger partial charge in [0, 0.05) is 13.1 Å². The van der Waals surface area contributed by atoms with Crippen LogP contribution >= 0.6 is 11.8 Å². The summed E-state index contributed by atoms with van der Waals surface area (Å²) in [5.74, 6) is -0.220. The fourth-order valence-electron chi connectivity index (χ4n) is 2.29. The molecule has 1 aromatic carbocycles. The van der Waals surface area contributed by atoms with Crippen LogP contribution in [0.2, 0.25) is 0 Å². The summed E-state index contributed by atoms with van der Waals surface area (Å²) in [6.45, 7) is 3.28. The summed E-state index contributed by atoms with van der Waals surface area (Å²) < 4.78 is 9.85. The second-order valence-electron chi connectivity index (χ2n) is 6.12. The molecular weight excluding hydrogens is 382 g/mol. The number of aromatic nitrogens is 1. The molecule has 0 radical (unpaired) electrons. The number of nitrogens with one attached hydrogen (secondary N) is 1. The molecule has 9 heteroatoms. The average Bonchev–Trinajstić information content (AvgIpc) is 3.10. The van der Waals surface area contributed by atoms with Crippen molar-refractivity contribution in [3.63, 3.8) is 0 Å². The topological polar surface area (TPSA) is 102 Å². The smallest absolute Gasteiger partial charge is 0.316 e. The molecule has 1 unspecified atom stereocenters. The number of esters is 1. The molecule has 28 heavy (non-hydrogen) atoms. The number of amides is 2. The third-order valence-corrected chi connectivity index (χ3v) is 4.87. The molecule has 1 aromatic heterocycles. The van der Waals surface area contributed by atoms with Crippen molar-refractivity contribution in [3.05, 3.63) is 47.7 Å². The summed E-state index contributed by atoms with van der Waals surface area (Å²) in [4.78, 5) is 37.3. The number of nitrogens with zero attached hydrogens (tertiary/aromatic N) is 2. The Morgan fingerprint density at radius 2 is 1.96 bits per heavy atom. The molecular formula is C19H23N3O5S. The maximum Gasteiger partial charge on any atom is 0.316 e. The molecule has 0 saturated heterocycles. The number of rotatable bonds is 9. The van der Waals surface area contributed by atoms with E-state index in [1.807, 2.05) is 37.3 Å². The van der Waals surface area contributed by atoms with Crippen molar-refractivity contribution in [2.75, 3.05) is 30.5 Å². The van der Waals surface area contributed by atoms with Gasteiger partial charge in [-0.05, 0) is 19.4 Å². The second-order valence-corrected chi connectivity index (χ2v) is 7.10. The van der Waals surface area contributed by atoms with Gasteiger partial charge in [-0.2, -0.15) is 0 Å². The molecule has 0 spiro atoms. The van der Waals surface area contributed by atoms with E-state index in [0.29, 0.717) is 11.6 Å². The largest absolute Gasteiger partial charge is 0.455 e. The minimum atomic E-state index is -0.552. The van der Waals surface area contributed by atoms with Crippen LogP contribution in [0, 0.1) is 6.92 Å². The molecule has 2 aromatic rings. The van der Waals surface area contributed by atoms with Crippen LogP contribution in [0.3, 0.4) is 0 Å². The molecule has 0 aliphatic heterocycles. The van der Waals surface area contributed by atoms with Crippen LogP contribution in [0.4, 0.5) is 5.82 Å². The predicted molar refractivity (Wildman–Crippen MR) is 106 cm³/mol. The number of aryl methyl sites for hydroxylation is 1. The molecule has 1 heterocycles. The number of carbonyl (C=O) groups excluding carboxylic acids is 3. The Labute approximate surface area is 167 Å². The Kier molecular flexibility index (Phi) is 8.06. The van der Waals surface area contributed by atoms with E-state index < -0.39 is 5.97 Å². The molecule has 150 valence electrons. The number of anilines is 1. The molecule has 1 N–H and O–H groups in total. The molecule has 8 nitrogen and oxygen atoms in total. The van der Waals surface area contributed by atoms with E-state index in [1.165, 1.54) is 4.90 Å². The van der Waals surface area contributed by atoms with Crippen LogP contribution in [0.15, 0.2) is 40.9 Å². The van der Waals surface area contributed by atoms with Crippen molar-refractivity contribution in [2.24, 2.45) is 0 Å². The summed E-state index contributed by atoms with van der Waals surface area (Å²) in [7, 11) is 1.67. The molecule has 0 aliphatic rings. The van der Waals surface area contributed by atoms with Crippen molar-refractivity contribution >= 4 is 35.4 Å². The molecule has 1 atom stereocenters. The lowest BCUT2D eigenvalue weighted by molar-refractivity contribution is -0.150. The highest BCUT2D eigenvalue weighted by Gasteiger charge is 2.18. The van der Waals surface area contributed by atoms with Crippen LogP contribution in [-0.2, 0) is 19.1 Å². The average molecular weight is 405 g/mol. The van der Waals surface area contributed by atoms with Gasteiger partial charge in [0.2, 0.25) is 5.91 Å². The summed E-state index contributed by atoms with van der Waals surface area (Å²) in [5, 5.41) is 6.20. The van der Waals surface area contributed by atoms with Crippen molar-refractivity contribution in [1.82, 2.24) is 10.1 Å². The minimum absolute atomic E-state index is 0.0313. The van der Waals surface area contributed by atoms with Crippen molar-refractivity contribution in [1.29, 1.82) is 0 Å². The fourth-order valence-corrected chi connectivity index (χ4v) is 2.90. The van der Waals surface area contributed by atoms with Gasteiger partial charge in [-0.3, -0.25) is 14.4 Å². The standard InChI is InChI=1S/C19H23N3O5S/c1-13-9-16(21-27-13)20-17(23)11-28-12-19(25)26-10-18(24)22(3)14(2)15-7-5-4-6-8-15/h4-9,14H,10-12H2,1-3H3,(H,20,21,23). The minimum Gasteiger partial charge on any atom is -0.455 e. The monoisotopic (exact) mass is 405 g/mol. The number of hydrogen-bond acceptors (Lipinski definition) is 7. The number of carbonyl (C=O) groups is 3. The van der Waals surface area contributed by atoms with E-state index in [4.69, 9.17) is 9.26 Å². The van der Waals surface area contributed by atoms with E-state index in [2.05, 4.69) is 10.5 Å². The Bertz CT molecular complexity index is 809. The van der Waals surface area contributed by atoms with E-state index in [-0.39, 0.29) is 36.0 Å². The summed E-state index contributed by atoms with van der Waals surface area (Å²) >= 11 is 1.09. The van der Waals surface area contributed by atoms with Gasteiger partial charge < -0.3 is 19.5 Å². The molecule has 2 amide bonds. The van der Waals surface area contributed by atoms with E-state index in [9.17, 15) is 14.4 Å². The zero-order valence-corrected chi connectivity index (χ0v) is 16.8. The Morgan fingerprint density at radius 1 is 1.25 bits per heavy atom. The van der Waals surface area contributed by atoms with E-state index in [0.717, 1.165) is 17.3 Å². The molecule has 0 aliphatic carbocycles. The molecule has 0 saturated carbocycles. The first-order chi connectivity index (χ1) is 13.4. The third-order valence-electron chi connectivity index (χ3n) is 3.96. The van der Waals surface area contributed by atoms with Gasteiger partial charge in [0.05, 0.1) is 17.5 Å².